The van der Waals surface area contributed by atoms with Gasteiger partial charge in [-0.15, -0.1) is 0 Å². The number of hydrogen-bond acceptors (Lipinski definition) is 3. The zero-order chi connectivity index (χ0) is 16.1. The number of phenols is 1. The third-order valence-corrected chi connectivity index (χ3v) is 4.21. The van der Waals surface area contributed by atoms with Gasteiger partial charge in [0, 0.05) is 3.57 Å². The van der Waals surface area contributed by atoms with E-state index in [0.29, 0.717) is 11.3 Å². The fourth-order valence-electron chi connectivity index (χ4n) is 1.87. The summed E-state index contributed by atoms with van der Waals surface area (Å²) in [6.45, 7) is 2.02. The molecular formula is C16H15IN2O2S. The summed E-state index contributed by atoms with van der Waals surface area (Å²) in [5, 5.41) is 15.5. The highest BCUT2D eigenvalue weighted by Crippen LogP contribution is 2.24. The number of carbonyl (C=O) groups is 1. The lowest BCUT2D eigenvalue weighted by Gasteiger charge is -2.12. The van der Waals surface area contributed by atoms with Crippen LogP contribution in [0.1, 0.15) is 22.8 Å². The van der Waals surface area contributed by atoms with Crippen LogP contribution in [0.2, 0.25) is 0 Å². The van der Waals surface area contributed by atoms with Crippen LogP contribution in [0.4, 0.5) is 5.69 Å². The second kappa shape index (κ2) is 7.55. The molecule has 0 radical (unpaired) electrons. The van der Waals surface area contributed by atoms with E-state index >= 15 is 0 Å². The number of nitrogens with one attached hydrogen (secondary N) is 2. The number of carbonyl (C=O) groups excluding carboxylic acids is 1. The van der Waals surface area contributed by atoms with E-state index in [1.165, 1.54) is 0 Å². The van der Waals surface area contributed by atoms with E-state index in [2.05, 4.69) is 33.2 Å². The van der Waals surface area contributed by atoms with Gasteiger partial charge in [-0.2, -0.15) is 0 Å². The molecule has 22 heavy (non-hydrogen) atoms. The van der Waals surface area contributed by atoms with Gasteiger partial charge in [0.15, 0.2) is 5.11 Å². The third kappa shape index (κ3) is 4.17. The number of rotatable bonds is 3. The molecule has 0 aromatic heterocycles. The summed E-state index contributed by atoms with van der Waals surface area (Å²) in [6, 6.07) is 12.5. The highest BCUT2D eigenvalue weighted by Gasteiger charge is 2.12. The number of halogens is 1. The fourth-order valence-corrected chi connectivity index (χ4v) is 2.71. The first-order valence-corrected chi connectivity index (χ1v) is 8.18. The van der Waals surface area contributed by atoms with Gasteiger partial charge >= 0.3 is 0 Å². The van der Waals surface area contributed by atoms with Crippen molar-refractivity contribution in [3.8, 4) is 5.75 Å². The van der Waals surface area contributed by atoms with Crippen molar-refractivity contribution in [1.29, 1.82) is 0 Å². The van der Waals surface area contributed by atoms with E-state index in [1.54, 1.807) is 24.3 Å². The number of benzene rings is 2. The second-order valence-electron chi connectivity index (χ2n) is 4.59. The van der Waals surface area contributed by atoms with E-state index in [1.807, 2.05) is 25.1 Å². The Kier molecular flexibility index (Phi) is 5.73. The van der Waals surface area contributed by atoms with Gasteiger partial charge in [0.1, 0.15) is 5.75 Å². The van der Waals surface area contributed by atoms with Gasteiger partial charge in [-0.1, -0.05) is 25.1 Å². The molecule has 114 valence electrons. The average molecular weight is 426 g/mol. The molecule has 0 saturated carbocycles. The van der Waals surface area contributed by atoms with E-state index in [-0.39, 0.29) is 16.8 Å². The Morgan fingerprint density at radius 1 is 1.27 bits per heavy atom. The minimum atomic E-state index is -0.284. The predicted molar refractivity (Wildman–Crippen MR) is 100 cm³/mol. The van der Waals surface area contributed by atoms with Crippen molar-refractivity contribution in [2.75, 3.05) is 5.32 Å². The summed E-state index contributed by atoms with van der Waals surface area (Å²) in [6.07, 6.45) is 0.844. The second-order valence-corrected chi connectivity index (χ2v) is 6.16. The Balaban J connectivity index is 2.07. The number of phenolic OH excluding ortho intramolecular Hbond substituents is 1. The molecule has 3 N–H and O–H groups in total. The van der Waals surface area contributed by atoms with Crippen molar-refractivity contribution in [1.82, 2.24) is 5.32 Å². The SMILES string of the molecule is CCc1ccc(O)c(NC(=S)NC(=O)c2ccccc2I)c1. The van der Waals surface area contributed by atoms with Crippen molar-refractivity contribution in [3.05, 3.63) is 57.2 Å². The predicted octanol–water partition coefficient (Wildman–Crippen LogP) is 3.69. The Bertz CT molecular complexity index is 719. The van der Waals surface area contributed by atoms with Gasteiger partial charge in [0.25, 0.3) is 5.91 Å². The summed E-state index contributed by atoms with van der Waals surface area (Å²) >= 11 is 7.23. The number of anilines is 1. The summed E-state index contributed by atoms with van der Waals surface area (Å²) in [5.41, 5.74) is 2.10. The molecular weight excluding hydrogens is 411 g/mol. The van der Waals surface area contributed by atoms with E-state index in [4.69, 9.17) is 12.2 Å². The topological polar surface area (TPSA) is 61.4 Å². The third-order valence-electron chi connectivity index (χ3n) is 3.06. The van der Waals surface area contributed by atoms with Gasteiger partial charge in [-0.3, -0.25) is 10.1 Å². The molecule has 0 saturated heterocycles. The minimum Gasteiger partial charge on any atom is -0.506 e. The van der Waals surface area contributed by atoms with Crippen molar-refractivity contribution in [2.24, 2.45) is 0 Å². The molecule has 6 heteroatoms. The van der Waals surface area contributed by atoms with Crippen LogP contribution in [0.25, 0.3) is 0 Å². The first-order chi connectivity index (χ1) is 10.5. The monoisotopic (exact) mass is 426 g/mol. The highest BCUT2D eigenvalue weighted by molar-refractivity contribution is 14.1. The first kappa shape index (κ1) is 16.7. The number of hydrogen-bond donors (Lipinski definition) is 3. The quantitative estimate of drug-likeness (QED) is 0.398. The number of aromatic hydroxyl groups is 1. The molecule has 2 aromatic carbocycles. The molecule has 1 amide bonds. The van der Waals surface area contributed by atoms with Crippen molar-refractivity contribution >= 4 is 51.5 Å². The highest BCUT2D eigenvalue weighted by atomic mass is 127. The maximum atomic E-state index is 12.2. The maximum Gasteiger partial charge on any atom is 0.258 e. The minimum absolute atomic E-state index is 0.0862. The molecule has 0 fully saturated rings. The normalized spacial score (nSPS) is 10.1. The Morgan fingerprint density at radius 2 is 2.00 bits per heavy atom. The largest absolute Gasteiger partial charge is 0.506 e. The van der Waals surface area contributed by atoms with E-state index in [9.17, 15) is 9.90 Å². The van der Waals surface area contributed by atoms with Gasteiger partial charge in [-0.05, 0) is 71.1 Å². The Morgan fingerprint density at radius 3 is 2.68 bits per heavy atom. The van der Waals surface area contributed by atoms with Crippen molar-refractivity contribution < 1.29 is 9.90 Å². The molecule has 2 aromatic rings. The molecule has 0 aliphatic heterocycles. The zero-order valence-corrected chi connectivity index (χ0v) is 14.9. The maximum absolute atomic E-state index is 12.2. The van der Waals surface area contributed by atoms with Crippen LogP contribution < -0.4 is 10.6 Å². The molecule has 0 heterocycles. The molecule has 4 nitrogen and oxygen atoms in total. The van der Waals surface area contributed by atoms with Gasteiger partial charge in [-0.25, -0.2) is 0 Å². The fraction of sp³-hybridized carbons (Fsp3) is 0.125. The molecule has 0 aliphatic rings. The van der Waals surface area contributed by atoms with Crippen molar-refractivity contribution in [3.63, 3.8) is 0 Å². The standard InChI is InChI=1S/C16H15IN2O2S/c1-2-10-7-8-14(20)13(9-10)18-16(22)19-15(21)11-5-3-4-6-12(11)17/h3-9,20H,2H2,1H3,(H2,18,19,21,22). The summed E-state index contributed by atoms with van der Waals surface area (Å²) in [5.74, 6) is -0.197. The molecule has 0 atom stereocenters. The van der Waals surface area contributed by atoms with Crippen LogP contribution in [-0.4, -0.2) is 16.1 Å². The number of amides is 1. The molecule has 0 unspecified atom stereocenters. The summed E-state index contributed by atoms with van der Waals surface area (Å²) < 4.78 is 0.844. The van der Waals surface area contributed by atoms with Crippen LogP contribution in [0.15, 0.2) is 42.5 Å². The molecule has 0 spiro atoms. The zero-order valence-electron chi connectivity index (χ0n) is 11.9. The van der Waals surface area contributed by atoms with E-state index in [0.717, 1.165) is 15.6 Å². The lowest BCUT2D eigenvalue weighted by Crippen LogP contribution is -2.34. The van der Waals surface area contributed by atoms with Gasteiger partial charge in [0.05, 0.1) is 11.3 Å². The van der Waals surface area contributed by atoms with Crippen LogP contribution in [0, 0.1) is 3.57 Å². The van der Waals surface area contributed by atoms with Crippen LogP contribution >= 0.6 is 34.8 Å². The molecule has 0 bridgehead atoms. The lowest BCUT2D eigenvalue weighted by molar-refractivity contribution is 0.0977. The van der Waals surface area contributed by atoms with Crippen LogP contribution in [0.5, 0.6) is 5.75 Å². The van der Waals surface area contributed by atoms with Gasteiger partial charge < -0.3 is 10.4 Å². The average Bonchev–Trinajstić information content (AvgIpc) is 2.49. The van der Waals surface area contributed by atoms with Crippen LogP contribution in [0.3, 0.4) is 0 Å². The lowest BCUT2D eigenvalue weighted by atomic mass is 10.1. The Labute approximate surface area is 148 Å². The van der Waals surface area contributed by atoms with Gasteiger partial charge in [0.2, 0.25) is 0 Å². The first-order valence-electron chi connectivity index (χ1n) is 6.70. The smallest absolute Gasteiger partial charge is 0.258 e. The summed E-state index contributed by atoms with van der Waals surface area (Å²) in [4.78, 5) is 12.2. The van der Waals surface area contributed by atoms with E-state index < -0.39 is 0 Å². The number of aryl methyl sites for hydroxylation is 1. The number of thiocarbonyl (C=S) groups is 1. The Hall–Kier alpha value is -1.67. The molecule has 2 rings (SSSR count). The molecule has 0 aliphatic carbocycles. The van der Waals surface area contributed by atoms with Crippen molar-refractivity contribution in [2.45, 2.75) is 13.3 Å². The summed E-state index contributed by atoms with van der Waals surface area (Å²) in [7, 11) is 0. The van der Waals surface area contributed by atoms with Crippen LogP contribution in [-0.2, 0) is 6.42 Å².